The van der Waals surface area contributed by atoms with Crippen molar-refractivity contribution in [1.29, 1.82) is 0 Å². The van der Waals surface area contributed by atoms with Crippen molar-refractivity contribution in [3.63, 3.8) is 0 Å². The lowest BCUT2D eigenvalue weighted by Crippen LogP contribution is -2.24. The third-order valence-corrected chi connectivity index (χ3v) is 2.72. The van der Waals surface area contributed by atoms with E-state index < -0.39 is 5.60 Å². The van der Waals surface area contributed by atoms with Crippen molar-refractivity contribution >= 4 is 5.97 Å². The molecule has 0 saturated heterocycles. The van der Waals surface area contributed by atoms with Gasteiger partial charge in [-0.3, -0.25) is 4.98 Å². The van der Waals surface area contributed by atoms with Crippen molar-refractivity contribution in [2.75, 3.05) is 0 Å². The molecule has 0 saturated carbocycles. The largest absolute Gasteiger partial charge is 0.456 e. The van der Waals surface area contributed by atoms with E-state index in [1.165, 1.54) is 0 Å². The second kappa shape index (κ2) is 5.87. The Kier molecular flexibility index (Phi) is 4.18. The van der Waals surface area contributed by atoms with Crippen molar-refractivity contribution in [2.45, 2.75) is 32.8 Å². The highest BCUT2D eigenvalue weighted by Gasteiger charge is 2.20. The molecule has 0 aliphatic heterocycles. The quantitative estimate of drug-likeness (QED) is 0.799. The summed E-state index contributed by atoms with van der Waals surface area (Å²) in [6, 6.07) is 13.5. The standard InChI is InChI=1S/C17H19NO2/c1-17(2,3)20-16(19)14-10-7-11-18-15(14)12-13-8-5-4-6-9-13/h4-11H,12H2,1-3H3. The molecule has 0 radical (unpaired) electrons. The lowest BCUT2D eigenvalue weighted by Gasteiger charge is -2.20. The van der Waals surface area contributed by atoms with Crippen LogP contribution in [0.4, 0.5) is 0 Å². The van der Waals surface area contributed by atoms with E-state index >= 15 is 0 Å². The molecular weight excluding hydrogens is 250 g/mol. The lowest BCUT2D eigenvalue weighted by atomic mass is 10.0. The minimum Gasteiger partial charge on any atom is -0.456 e. The van der Waals surface area contributed by atoms with Crippen LogP contribution < -0.4 is 0 Å². The molecular formula is C17H19NO2. The molecule has 2 rings (SSSR count). The first-order valence-corrected chi connectivity index (χ1v) is 6.67. The molecule has 0 bridgehead atoms. The third kappa shape index (κ3) is 3.92. The number of benzene rings is 1. The van der Waals surface area contributed by atoms with Crippen LogP contribution in [0.5, 0.6) is 0 Å². The summed E-state index contributed by atoms with van der Waals surface area (Å²) in [6.45, 7) is 5.58. The van der Waals surface area contributed by atoms with Crippen LogP contribution in [-0.2, 0) is 11.2 Å². The molecule has 0 atom stereocenters. The van der Waals surface area contributed by atoms with E-state index in [0.29, 0.717) is 12.0 Å². The minimum absolute atomic E-state index is 0.323. The molecule has 0 N–H and O–H groups in total. The Morgan fingerprint density at radius 2 is 1.80 bits per heavy atom. The Bertz CT molecular complexity index is 585. The zero-order valence-electron chi connectivity index (χ0n) is 12.1. The van der Waals surface area contributed by atoms with Crippen molar-refractivity contribution in [2.24, 2.45) is 0 Å². The van der Waals surface area contributed by atoms with Gasteiger partial charge in [-0.25, -0.2) is 4.79 Å². The topological polar surface area (TPSA) is 39.2 Å². The fourth-order valence-electron chi connectivity index (χ4n) is 1.89. The Labute approximate surface area is 119 Å². The zero-order chi connectivity index (χ0) is 14.6. The molecule has 0 aliphatic rings. The summed E-state index contributed by atoms with van der Waals surface area (Å²) < 4.78 is 5.42. The zero-order valence-corrected chi connectivity index (χ0v) is 12.1. The summed E-state index contributed by atoms with van der Waals surface area (Å²) in [5, 5.41) is 0. The molecule has 3 nitrogen and oxygen atoms in total. The molecule has 3 heteroatoms. The van der Waals surface area contributed by atoms with Crippen LogP contribution in [-0.4, -0.2) is 16.6 Å². The van der Waals surface area contributed by atoms with Gasteiger partial charge in [-0.2, -0.15) is 0 Å². The fraction of sp³-hybridized carbons (Fsp3) is 0.294. The first-order chi connectivity index (χ1) is 9.46. The smallest absolute Gasteiger partial charge is 0.340 e. The van der Waals surface area contributed by atoms with E-state index in [0.717, 1.165) is 11.3 Å². The number of carbonyl (C=O) groups excluding carboxylic acids is 1. The average molecular weight is 269 g/mol. The van der Waals surface area contributed by atoms with Crippen molar-refractivity contribution in [1.82, 2.24) is 4.98 Å². The van der Waals surface area contributed by atoms with Gasteiger partial charge in [-0.05, 0) is 38.5 Å². The molecule has 0 amide bonds. The van der Waals surface area contributed by atoms with Gasteiger partial charge in [0.25, 0.3) is 0 Å². The van der Waals surface area contributed by atoms with E-state index in [-0.39, 0.29) is 5.97 Å². The monoisotopic (exact) mass is 269 g/mol. The number of hydrogen-bond acceptors (Lipinski definition) is 3. The van der Waals surface area contributed by atoms with Crippen molar-refractivity contribution in [3.05, 3.63) is 65.5 Å². The first-order valence-electron chi connectivity index (χ1n) is 6.67. The summed E-state index contributed by atoms with van der Waals surface area (Å²) in [5.41, 5.74) is 1.90. The van der Waals surface area contributed by atoms with Gasteiger partial charge in [-0.15, -0.1) is 0 Å². The highest BCUT2D eigenvalue weighted by atomic mass is 16.6. The van der Waals surface area contributed by atoms with Crippen LogP contribution in [0.2, 0.25) is 0 Å². The van der Waals surface area contributed by atoms with Crippen LogP contribution >= 0.6 is 0 Å². The number of rotatable bonds is 3. The number of carbonyl (C=O) groups is 1. The minimum atomic E-state index is -0.503. The van der Waals surface area contributed by atoms with Crippen molar-refractivity contribution < 1.29 is 9.53 Å². The number of nitrogens with zero attached hydrogens (tertiary/aromatic N) is 1. The van der Waals surface area contributed by atoms with E-state index in [2.05, 4.69) is 4.98 Å². The van der Waals surface area contributed by atoms with Crippen LogP contribution in [0.15, 0.2) is 48.7 Å². The van der Waals surface area contributed by atoms with E-state index in [1.54, 1.807) is 18.3 Å². The lowest BCUT2D eigenvalue weighted by molar-refractivity contribution is 0.00680. The predicted molar refractivity (Wildman–Crippen MR) is 78.7 cm³/mol. The summed E-state index contributed by atoms with van der Waals surface area (Å²) in [4.78, 5) is 16.5. The van der Waals surface area contributed by atoms with Gasteiger partial charge >= 0.3 is 5.97 Å². The Morgan fingerprint density at radius 3 is 2.45 bits per heavy atom. The van der Waals surface area contributed by atoms with Gasteiger partial charge < -0.3 is 4.74 Å². The summed E-state index contributed by atoms with van der Waals surface area (Å²) in [6.07, 6.45) is 2.32. The second-order valence-corrected chi connectivity index (χ2v) is 5.66. The molecule has 1 aromatic heterocycles. The number of ether oxygens (including phenoxy) is 1. The molecule has 0 fully saturated rings. The van der Waals surface area contributed by atoms with E-state index in [1.807, 2.05) is 51.1 Å². The number of esters is 1. The maximum absolute atomic E-state index is 12.2. The highest BCUT2D eigenvalue weighted by molar-refractivity contribution is 5.90. The Balaban J connectivity index is 2.25. The summed E-state index contributed by atoms with van der Waals surface area (Å²) in [7, 11) is 0. The Hall–Kier alpha value is -2.16. The van der Waals surface area contributed by atoms with Gasteiger partial charge in [0.15, 0.2) is 0 Å². The molecule has 20 heavy (non-hydrogen) atoms. The van der Waals surface area contributed by atoms with Crippen LogP contribution in [0.25, 0.3) is 0 Å². The molecule has 1 heterocycles. The first kappa shape index (κ1) is 14.3. The van der Waals surface area contributed by atoms with E-state index in [4.69, 9.17) is 4.74 Å². The SMILES string of the molecule is CC(C)(C)OC(=O)c1cccnc1Cc1ccccc1. The van der Waals surface area contributed by atoms with E-state index in [9.17, 15) is 4.79 Å². The molecule has 0 unspecified atom stereocenters. The fourth-order valence-corrected chi connectivity index (χ4v) is 1.89. The molecule has 0 spiro atoms. The number of hydrogen-bond donors (Lipinski definition) is 0. The average Bonchev–Trinajstić information content (AvgIpc) is 2.38. The van der Waals surface area contributed by atoms with Gasteiger partial charge in [0.1, 0.15) is 5.60 Å². The van der Waals surface area contributed by atoms with Crippen LogP contribution in [0, 0.1) is 0 Å². The van der Waals surface area contributed by atoms with Crippen LogP contribution in [0.3, 0.4) is 0 Å². The molecule has 1 aromatic carbocycles. The maximum atomic E-state index is 12.2. The molecule has 2 aromatic rings. The van der Waals surface area contributed by atoms with Gasteiger partial charge in [-0.1, -0.05) is 30.3 Å². The number of aromatic nitrogens is 1. The normalized spacial score (nSPS) is 11.2. The number of pyridine rings is 1. The van der Waals surface area contributed by atoms with Gasteiger partial charge in [0.2, 0.25) is 0 Å². The highest BCUT2D eigenvalue weighted by Crippen LogP contribution is 2.16. The predicted octanol–water partition coefficient (Wildman–Crippen LogP) is 3.63. The van der Waals surface area contributed by atoms with Gasteiger partial charge in [0.05, 0.1) is 11.3 Å². The van der Waals surface area contributed by atoms with Crippen LogP contribution in [0.1, 0.15) is 42.4 Å². The Morgan fingerprint density at radius 1 is 1.10 bits per heavy atom. The second-order valence-electron chi connectivity index (χ2n) is 5.66. The molecule has 104 valence electrons. The third-order valence-electron chi connectivity index (χ3n) is 2.72. The van der Waals surface area contributed by atoms with Gasteiger partial charge in [0, 0.05) is 12.6 Å². The van der Waals surface area contributed by atoms with Crippen molar-refractivity contribution in [3.8, 4) is 0 Å². The summed E-state index contributed by atoms with van der Waals surface area (Å²) >= 11 is 0. The molecule has 0 aliphatic carbocycles. The maximum Gasteiger partial charge on any atom is 0.340 e. The summed E-state index contributed by atoms with van der Waals surface area (Å²) in [5.74, 6) is -0.323.